The molecule has 0 bridgehead atoms. The standard InChI is InChI=1S/C12H13N7O/c1-8-3-4-10(20-2)9(5-8)19-7-13-16-12(19)6-11-14-17-18-15-11/h3-5,7H,6H2,1-2H3,(H,14,15,17,18). The van der Waals surface area contributed by atoms with Crippen LogP contribution in [0.3, 0.4) is 0 Å². The van der Waals surface area contributed by atoms with Crippen molar-refractivity contribution in [2.75, 3.05) is 7.11 Å². The van der Waals surface area contributed by atoms with Crippen LogP contribution in [0, 0.1) is 6.92 Å². The molecular formula is C12H13N7O. The van der Waals surface area contributed by atoms with Gasteiger partial charge in [-0.1, -0.05) is 11.3 Å². The normalized spacial score (nSPS) is 10.7. The van der Waals surface area contributed by atoms with Gasteiger partial charge in [0.25, 0.3) is 0 Å². The molecule has 2 aromatic heterocycles. The van der Waals surface area contributed by atoms with Crippen LogP contribution in [0.1, 0.15) is 17.2 Å². The number of rotatable bonds is 4. The Morgan fingerprint density at radius 3 is 2.95 bits per heavy atom. The van der Waals surface area contributed by atoms with Crippen molar-refractivity contribution in [3.05, 3.63) is 41.7 Å². The van der Waals surface area contributed by atoms with Gasteiger partial charge >= 0.3 is 0 Å². The van der Waals surface area contributed by atoms with Crippen LogP contribution < -0.4 is 4.74 Å². The van der Waals surface area contributed by atoms with E-state index in [4.69, 9.17) is 4.74 Å². The summed E-state index contributed by atoms with van der Waals surface area (Å²) in [5.41, 5.74) is 2.01. The minimum Gasteiger partial charge on any atom is -0.495 e. The molecule has 2 heterocycles. The zero-order chi connectivity index (χ0) is 13.9. The van der Waals surface area contributed by atoms with Crippen LogP contribution in [0.15, 0.2) is 24.5 Å². The van der Waals surface area contributed by atoms with E-state index in [0.717, 1.165) is 22.8 Å². The fraction of sp³-hybridized carbons (Fsp3) is 0.250. The van der Waals surface area contributed by atoms with Crippen LogP contribution in [0.2, 0.25) is 0 Å². The summed E-state index contributed by atoms with van der Waals surface area (Å²) in [6.45, 7) is 2.02. The van der Waals surface area contributed by atoms with E-state index in [2.05, 4.69) is 30.8 Å². The van der Waals surface area contributed by atoms with E-state index in [1.54, 1.807) is 13.4 Å². The lowest BCUT2D eigenvalue weighted by Crippen LogP contribution is -2.05. The van der Waals surface area contributed by atoms with E-state index in [1.807, 2.05) is 29.7 Å². The third-order valence-corrected chi connectivity index (χ3v) is 2.92. The van der Waals surface area contributed by atoms with Gasteiger partial charge in [-0.25, -0.2) is 0 Å². The number of hydrogen-bond donors (Lipinski definition) is 1. The lowest BCUT2D eigenvalue weighted by molar-refractivity contribution is 0.412. The van der Waals surface area contributed by atoms with E-state index in [1.165, 1.54) is 0 Å². The summed E-state index contributed by atoms with van der Waals surface area (Å²) in [7, 11) is 1.64. The average Bonchev–Trinajstić information content (AvgIpc) is 3.11. The third kappa shape index (κ3) is 2.22. The molecule has 0 unspecified atom stereocenters. The molecule has 20 heavy (non-hydrogen) atoms. The lowest BCUT2D eigenvalue weighted by Gasteiger charge is -2.11. The molecular weight excluding hydrogens is 258 g/mol. The minimum absolute atomic E-state index is 0.438. The van der Waals surface area contributed by atoms with Crippen molar-refractivity contribution in [1.29, 1.82) is 0 Å². The zero-order valence-electron chi connectivity index (χ0n) is 11.1. The molecule has 0 saturated heterocycles. The highest BCUT2D eigenvalue weighted by Gasteiger charge is 2.13. The fourth-order valence-corrected chi connectivity index (χ4v) is 1.97. The van der Waals surface area contributed by atoms with Gasteiger partial charge in [-0.3, -0.25) is 4.57 Å². The first-order valence-corrected chi connectivity index (χ1v) is 6.04. The molecule has 0 aliphatic rings. The number of aromatic amines is 1. The molecule has 8 nitrogen and oxygen atoms in total. The highest BCUT2D eigenvalue weighted by molar-refractivity contribution is 5.49. The van der Waals surface area contributed by atoms with Gasteiger partial charge in [0.1, 0.15) is 17.9 Å². The van der Waals surface area contributed by atoms with Crippen molar-refractivity contribution in [2.45, 2.75) is 13.3 Å². The number of hydrogen-bond acceptors (Lipinski definition) is 6. The Kier molecular flexibility index (Phi) is 3.12. The van der Waals surface area contributed by atoms with Gasteiger partial charge in [0.05, 0.1) is 19.2 Å². The Hall–Kier alpha value is -2.77. The van der Waals surface area contributed by atoms with E-state index < -0.39 is 0 Å². The fourth-order valence-electron chi connectivity index (χ4n) is 1.97. The molecule has 0 fully saturated rings. The van der Waals surface area contributed by atoms with Crippen molar-refractivity contribution >= 4 is 0 Å². The summed E-state index contributed by atoms with van der Waals surface area (Å²) >= 11 is 0. The van der Waals surface area contributed by atoms with E-state index in [9.17, 15) is 0 Å². The largest absolute Gasteiger partial charge is 0.495 e. The van der Waals surface area contributed by atoms with Crippen LogP contribution in [0.5, 0.6) is 5.75 Å². The van der Waals surface area contributed by atoms with E-state index in [0.29, 0.717) is 12.2 Å². The first-order chi connectivity index (χ1) is 9.78. The van der Waals surface area contributed by atoms with E-state index >= 15 is 0 Å². The Bertz CT molecular complexity index is 704. The van der Waals surface area contributed by atoms with Crippen LogP contribution in [-0.4, -0.2) is 42.5 Å². The summed E-state index contributed by atoms with van der Waals surface area (Å²) in [6, 6.07) is 5.93. The second kappa shape index (κ2) is 5.08. The van der Waals surface area contributed by atoms with Gasteiger partial charge in [-0.15, -0.1) is 20.4 Å². The van der Waals surface area contributed by atoms with Gasteiger partial charge in [-0.05, 0) is 24.6 Å². The van der Waals surface area contributed by atoms with Crippen LogP contribution in [0.25, 0.3) is 5.69 Å². The second-order valence-electron chi connectivity index (χ2n) is 4.30. The Balaban J connectivity index is 2.03. The zero-order valence-corrected chi connectivity index (χ0v) is 11.1. The molecule has 0 amide bonds. The van der Waals surface area contributed by atoms with Gasteiger partial charge < -0.3 is 4.74 Å². The number of ether oxygens (including phenoxy) is 1. The molecule has 0 aliphatic carbocycles. The number of aryl methyl sites for hydroxylation is 1. The second-order valence-corrected chi connectivity index (χ2v) is 4.30. The maximum atomic E-state index is 5.39. The van der Waals surface area contributed by atoms with E-state index in [-0.39, 0.29) is 0 Å². The Morgan fingerprint density at radius 2 is 2.20 bits per heavy atom. The quantitative estimate of drug-likeness (QED) is 0.750. The number of benzene rings is 1. The number of aromatic nitrogens is 7. The SMILES string of the molecule is COc1ccc(C)cc1-n1cnnc1Cc1nn[nH]n1. The van der Waals surface area contributed by atoms with Gasteiger partial charge in [0.2, 0.25) is 0 Å². The maximum Gasteiger partial charge on any atom is 0.182 e. The topological polar surface area (TPSA) is 94.4 Å². The van der Waals surface area contributed by atoms with Gasteiger partial charge in [0, 0.05) is 0 Å². The summed E-state index contributed by atoms with van der Waals surface area (Å²) < 4.78 is 7.25. The van der Waals surface area contributed by atoms with Crippen molar-refractivity contribution in [2.24, 2.45) is 0 Å². The predicted molar refractivity (Wildman–Crippen MR) is 69.6 cm³/mol. The first-order valence-electron chi connectivity index (χ1n) is 6.04. The summed E-state index contributed by atoms with van der Waals surface area (Å²) in [6.07, 6.45) is 2.08. The van der Waals surface area contributed by atoms with Gasteiger partial charge in [-0.2, -0.15) is 5.21 Å². The molecule has 1 aromatic carbocycles. The highest BCUT2D eigenvalue weighted by Crippen LogP contribution is 2.24. The van der Waals surface area contributed by atoms with Crippen molar-refractivity contribution in [1.82, 2.24) is 35.4 Å². The number of tetrazole rings is 1. The molecule has 3 rings (SSSR count). The summed E-state index contributed by atoms with van der Waals surface area (Å²) in [5, 5.41) is 21.9. The summed E-state index contributed by atoms with van der Waals surface area (Å²) in [4.78, 5) is 0. The third-order valence-electron chi connectivity index (χ3n) is 2.92. The lowest BCUT2D eigenvalue weighted by atomic mass is 10.2. The van der Waals surface area contributed by atoms with Crippen molar-refractivity contribution in [3.8, 4) is 11.4 Å². The molecule has 0 saturated carbocycles. The number of methoxy groups -OCH3 is 1. The molecule has 0 atom stereocenters. The molecule has 102 valence electrons. The first kappa shape index (κ1) is 12.3. The Labute approximate surface area is 114 Å². The van der Waals surface area contributed by atoms with Crippen LogP contribution in [-0.2, 0) is 6.42 Å². The van der Waals surface area contributed by atoms with Crippen molar-refractivity contribution < 1.29 is 4.74 Å². The smallest absolute Gasteiger partial charge is 0.182 e. The highest BCUT2D eigenvalue weighted by atomic mass is 16.5. The van der Waals surface area contributed by atoms with Gasteiger partial charge in [0.15, 0.2) is 5.82 Å². The minimum atomic E-state index is 0.438. The maximum absolute atomic E-state index is 5.39. The molecule has 0 radical (unpaired) electrons. The number of nitrogens with zero attached hydrogens (tertiary/aromatic N) is 6. The van der Waals surface area contributed by atoms with Crippen LogP contribution >= 0.6 is 0 Å². The number of nitrogens with one attached hydrogen (secondary N) is 1. The molecule has 0 spiro atoms. The molecule has 0 aliphatic heterocycles. The van der Waals surface area contributed by atoms with Crippen LogP contribution in [0.4, 0.5) is 0 Å². The molecule has 8 heteroatoms. The predicted octanol–water partition coefficient (Wildman–Crippen LogP) is 0.688. The summed E-state index contributed by atoms with van der Waals surface area (Å²) in [5.74, 6) is 2.03. The molecule has 3 aromatic rings. The monoisotopic (exact) mass is 271 g/mol. The van der Waals surface area contributed by atoms with Crippen molar-refractivity contribution in [3.63, 3.8) is 0 Å². The Morgan fingerprint density at radius 1 is 1.30 bits per heavy atom. The average molecular weight is 271 g/mol. The molecule has 1 N–H and O–H groups in total. The number of H-pyrrole nitrogens is 1.